The number of hydrazine groups is 1. The third-order valence-electron chi connectivity index (χ3n) is 2.24. The van der Waals surface area contributed by atoms with Gasteiger partial charge in [-0.05, 0) is 18.2 Å². The van der Waals surface area contributed by atoms with E-state index in [4.69, 9.17) is 5.84 Å². The Labute approximate surface area is 119 Å². The number of hydrogen-bond donors (Lipinski definition) is 2. The van der Waals surface area contributed by atoms with E-state index < -0.39 is 29.5 Å². The summed E-state index contributed by atoms with van der Waals surface area (Å²) in [5.74, 6) is 2.41. The van der Waals surface area contributed by atoms with Gasteiger partial charge in [0.05, 0.1) is 0 Å². The van der Waals surface area contributed by atoms with Crippen LogP contribution in [-0.2, 0) is 6.18 Å². The average Bonchev–Trinajstić information content (AvgIpc) is 2.41. The van der Waals surface area contributed by atoms with E-state index >= 15 is 0 Å². The molecule has 0 saturated carbocycles. The van der Waals surface area contributed by atoms with Crippen molar-refractivity contribution >= 4 is 17.7 Å². The molecule has 0 saturated heterocycles. The van der Waals surface area contributed by atoms with Gasteiger partial charge in [-0.2, -0.15) is 13.2 Å². The first-order valence-corrected chi connectivity index (χ1v) is 6.17. The molecule has 4 nitrogen and oxygen atoms in total. The van der Waals surface area contributed by atoms with Crippen LogP contribution >= 0.6 is 11.8 Å². The highest BCUT2D eigenvalue weighted by Crippen LogP contribution is 2.33. The highest BCUT2D eigenvalue weighted by molar-refractivity contribution is 7.99. The molecule has 0 aliphatic carbocycles. The van der Waals surface area contributed by atoms with Crippen LogP contribution in [0.4, 0.5) is 27.9 Å². The predicted octanol–water partition coefficient (Wildman–Crippen LogP) is 3.21. The number of aromatic nitrogens is 2. The Hall–Kier alpha value is -1.94. The van der Waals surface area contributed by atoms with Gasteiger partial charge in [-0.3, -0.25) is 5.43 Å². The largest absolute Gasteiger partial charge is 0.433 e. The zero-order valence-corrected chi connectivity index (χ0v) is 10.9. The van der Waals surface area contributed by atoms with Gasteiger partial charge in [-0.15, -0.1) is 0 Å². The summed E-state index contributed by atoms with van der Waals surface area (Å²) in [4.78, 5) is 7.07. The smallest absolute Gasteiger partial charge is 0.292 e. The van der Waals surface area contributed by atoms with Crippen LogP contribution in [0.3, 0.4) is 0 Å². The normalized spacial score (nSPS) is 11.5. The summed E-state index contributed by atoms with van der Waals surface area (Å²) in [6, 6.07) is 3.62. The van der Waals surface area contributed by atoms with Crippen LogP contribution in [0.2, 0.25) is 0 Å². The second kappa shape index (κ2) is 5.82. The topological polar surface area (TPSA) is 63.8 Å². The first-order valence-electron chi connectivity index (χ1n) is 5.35. The van der Waals surface area contributed by atoms with Crippen LogP contribution in [0, 0.1) is 11.6 Å². The number of benzene rings is 1. The van der Waals surface area contributed by atoms with Crippen LogP contribution in [0.1, 0.15) is 5.69 Å². The van der Waals surface area contributed by atoms with Crippen molar-refractivity contribution in [3.8, 4) is 0 Å². The fraction of sp³-hybridized carbons (Fsp3) is 0.0909. The van der Waals surface area contributed by atoms with Crippen LogP contribution in [0.15, 0.2) is 34.2 Å². The van der Waals surface area contributed by atoms with E-state index in [1.165, 1.54) is 6.07 Å². The van der Waals surface area contributed by atoms with Crippen molar-refractivity contribution < 1.29 is 22.0 Å². The number of anilines is 1. The summed E-state index contributed by atoms with van der Waals surface area (Å²) in [7, 11) is 0. The van der Waals surface area contributed by atoms with E-state index in [1.807, 2.05) is 5.43 Å². The van der Waals surface area contributed by atoms with E-state index in [2.05, 4.69) is 9.97 Å². The standard InChI is InChI=1S/C11H7F5N4S/c12-6-2-1-5(3-7(6)13)21-9-4-8(11(14,15)16)18-10(19-9)20-17/h1-4H,17H2,(H,18,19,20). The molecule has 0 radical (unpaired) electrons. The first kappa shape index (κ1) is 15.4. The third-order valence-corrected chi connectivity index (χ3v) is 3.14. The molecular formula is C11H7F5N4S. The predicted molar refractivity (Wildman–Crippen MR) is 65.3 cm³/mol. The summed E-state index contributed by atoms with van der Waals surface area (Å²) in [6.45, 7) is 0. The summed E-state index contributed by atoms with van der Waals surface area (Å²) in [5.41, 5.74) is 0.718. The molecular weight excluding hydrogens is 315 g/mol. The maximum absolute atomic E-state index is 13.1. The lowest BCUT2D eigenvalue weighted by molar-refractivity contribution is -0.141. The van der Waals surface area contributed by atoms with Gasteiger partial charge in [0.1, 0.15) is 5.03 Å². The lowest BCUT2D eigenvalue weighted by Gasteiger charge is -2.09. The van der Waals surface area contributed by atoms with E-state index in [0.29, 0.717) is 17.8 Å². The second-order valence-electron chi connectivity index (χ2n) is 3.74. The van der Waals surface area contributed by atoms with Crippen LogP contribution in [0.5, 0.6) is 0 Å². The zero-order chi connectivity index (χ0) is 15.6. The summed E-state index contributed by atoms with van der Waals surface area (Å²) >= 11 is 0.717. The summed E-state index contributed by atoms with van der Waals surface area (Å²) in [5, 5.41) is -0.115. The van der Waals surface area contributed by atoms with Gasteiger partial charge in [0, 0.05) is 11.0 Å². The van der Waals surface area contributed by atoms with Gasteiger partial charge < -0.3 is 0 Å². The zero-order valence-electron chi connectivity index (χ0n) is 10.1. The molecule has 3 N–H and O–H groups in total. The Kier molecular flexibility index (Phi) is 4.28. The summed E-state index contributed by atoms with van der Waals surface area (Å²) in [6.07, 6.45) is -4.68. The van der Waals surface area contributed by atoms with Gasteiger partial charge in [0.25, 0.3) is 0 Å². The number of nitrogens with zero attached hydrogens (tertiary/aromatic N) is 2. The molecule has 0 unspecified atom stereocenters. The van der Waals surface area contributed by atoms with Crippen LogP contribution in [0.25, 0.3) is 0 Å². The minimum atomic E-state index is -4.68. The van der Waals surface area contributed by atoms with E-state index in [-0.39, 0.29) is 9.92 Å². The fourth-order valence-electron chi connectivity index (χ4n) is 1.35. The first-order chi connectivity index (χ1) is 9.79. The van der Waals surface area contributed by atoms with E-state index in [9.17, 15) is 22.0 Å². The van der Waals surface area contributed by atoms with E-state index in [1.54, 1.807) is 0 Å². The Bertz CT molecular complexity index is 662. The molecule has 21 heavy (non-hydrogen) atoms. The molecule has 0 fully saturated rings. The molecule has 0 spiro atoms. The molecule has 1 aromatic heterocycles. The van der Waals surface area contributed by atoms with Gasteiger partial charge in [0.15, 0.2) is 17.3 Å². The van der Waals surface area contributed by atoms with Crippen LogP contribution in [-0.4, -0.2) is 9.97 Å². The molecule has 112 valence electrons. The Morgan fingerprint density at radius 2 is 1.76 bits per heavy atom. The lowest BCUT2D eigenvalue weighted by Crippen LogP contribution is -2.15. The summed E-state index contributed by atoms with van der Waals surface area (Å²) < 4.78 is 63.8. The molecule has 0 bridgehead atoms. The van der Waals surface area contributed by atoms with Crippen molar-refractivity contribution in [1.82, 2.24) is 9.97 Å². The molecule has 10 heteroatoms. The number of nitrogen functional groups attached to an aromatic ring is 1. The number of nitrogens with two attached hydrogens (primary N) is 1. The maximum atomic E-state index is 13.1. The Balaban J connectivity index is 2.36. The highest BCUT2D eigenvalue weighted by Gasteiger charge is 2.33. The SMILES string of the molecule is NNc1nc(Sc2ccc(F)c(F)c2)cc(C(F)(F)F)n1. The van der Waals surface area contributed by atoms with Gasteiger partial charge in [0.2, 0.25) is 5.95 Å². The van der Waals surface area contributed by atoms with Crippen LogP contribution < -0.4 is 11.3 Å². The fourth-order valence-corrected chi connectivity index (χ4v) is 2.19. The Morgan fingerprint density at radius 3 is 2.33 bits per heavy atom. The number of alkyl halides is 3. The lowest BCUT2D eigenvalue weighted by atomic mass is 10.3. The monoisotopic (exact) mass is 322 g/mol. The quantitative estimate of drug-likeness (QED) is 0.393. The van der Waals surface area contributed by atoms with Gasteiger partial charge in [-0.1, -0.05) is 11.8 Å². The number of nitrogens with one attached hydrogen (secondary N) is 1. The second-order valence-corrected chi connectivity index (χ2v) is 4.83. The van der Waals surface area contributed by atoms with Crippen molar-refractivity contribution in [2.75, 3.05) is 5.43 Å². The van der Waals surface area contributed by atoms with Gasteiger partial charge in [-0.25, -0.2) is 24.6 Å². The molecule has 0 aliphatic rings. The van der Waals surface area contributed by atoms with E-state index in [0.717, 1.165) is 12.1 Å². The highest BCUT2D eigenvalue weighted by atomic mass is 32.2. The molecule has 0 amide bonds. The molecule has 2 rings (SSSR count). The molecule has 1 aromatic carbocycles. The van der Waals surface area contributed by atoms with Crippen molar-refractivity contribution in [2.24, 2.45) is 5.84 Å². The average molecular weight is 322 g/mol. The Morgan fingerprint density at radius 1 is 1.05 bits per heavy atom. The molecule has 0 aliphatic heterocycles. The van der Waals surface area contributed by atoms with Crippen molar-refractivity contribution in [1.29, 1.82) is 0 Å². The van der Waals surface area contributed by atoms with Crippen molar-refractivity contribution in [3.63, 3.8) is 0 Å². The maximum Gasteiger partial charge on any atom is 0.433 e. The number of hydrogen-bond acceptors (Lipinski definition) is 5. The molecule has 1 heterocycles. The third kappa shape index (κ3) is 3.79. The minimum absolute atomic E-state index is 0.115. The van der Waals surface area contributed by atoms with Crippen molar-refractivity contribution in [3.05, 3.63) is 41.6 Å². The van der Waals surface area contributed by atoms with Gasteiger partial charge >= 0.3 is 6.18 Å². The number of rotatable bonds is 3. The minimum Gasteiger partial charge on any atom is -0.292 e. The number of halogens is 5. The molecule has 0 atom stereocenters. The molecule has 2 aromatic rings. The van der Waals surface area contributed by atoms with Crippen molar-refractivity contribution in [2.45, 2.75) is 16.1 Å².